The van der Waals surface area contributed by atoms with Gasteiger partial charge in [0.2, 0.25) is 5.13 Å². The summed E-state index contributed by atoms with van der Waals surface area (Å²) in [5.74, 6) is 0.661. The predicted molar refractivity (Wildman–Crippen MR) is 50.7 cm³/mol. The molecule has 0 aliphatic carbocycles. The molecule has 1 fully saturated rings. The maximum Gasteiger partial charge on any atom is 0.205 e. The van der Waals surface area contributed by atoms with Crippen LogP contribution in [-0.4, -0.2) is 22.4 Å². The van der Waals surface area contributed by atoms with Crippen molar-refractivity contribution in [3.63, 3.8) is 0 Å². The Morgan fingerprint density at radius 1 is 1.46 bits per heavy atom. The Balaban J connectivity index is 2.08. The summed E-state index contributed by atoms with van der Waals surface area (Å²) < 4.78 is 4.12. The predicted octanol–water partition coefficient (Wildman–Crippen LogP) is 1.20. The fraction of sp³-hybridized carbons (Fsp3) is 0.625. The lowest BCUT2D eigenvalue weighted by Gasteiger charge is -2.10. The molecule has 1 aliphatic heterocycles. The minimum Gasteiger partial charge on any atom is -0.347 e. The minimum atomic E-state index is 0.324. The van der Waals surface area contributed by atoms with Gasteiger partial charge in [-0.2, -0.15) is 9.64 Å². The van der Waals surface area contributed by atoms with E-state index >= 15 is 0 Å². The molecule has 0 N–H and O–H groups in total. The van der Waals surface area contributed by atoms with Crippen LogP contribution in [0.5, 0.6) is 0 Å². The fourth-order valence-electron chi connectivity index (χ4n) is 1.42. The molecule has 1 saturated heterocycles. The van der Waals surface area contributed by atoms with Gasteiger partial charge >= 0.3 is 0 Å². The first-order valence-corrected chi connectivity index (χ1v) is 5.12. The molecular weight excluding hydrogens is 184 g/mol. The SMILES string of the molecule is N#CCc1nsc(N2CCCC2)n1. The molecule has 0 atom stereocenters. The van der Waals surface area contributed by atoms with Crippen molar-refractivity contribution in [3.05, 3.63) is 5.82 Å². The van der Waals surface area contributed by atoms with Gasteiger partial charge in [-0.05, 0) is 12.8 Å². The first-order valence-electron chi connectivity index (χ1n) is 4.34. The van der Waals surface area contributed by atoms with Crippen LogP contribution in [0.4, 0.5) is 5.13 Å². The van der Waals surface area contributed by atoms with Crippen molar-refractivity contribution >= 4 is 16.7 Å². The smallest absolute Gasteiger partial charge is 0.205 e. The normalized spacial score (nSPS) is 16.1. The fourth-order valence-corrected chi connectivity index (χ4v) is 2.16. The Bertz CT molecular complexity index is 321. The Morgan fingerprint density at radius 2 is 2.23 bits per heavy atom. The molecule has 4 nitrogen and oxygen atoms in total. The Hall–Kier alpha value is -1.15. The maximum atomic E-state index is 8.46. The highest BCUT2D eigenvalue weighted by atomic mass is 32.1. The van der Waals surface area contributed by atoms with E-state index in [1.807, 2.05) is 0 Å². The number of hydrogen-bond acceptors (Lipinski definition) is 5. The highest BCUT2D eigenvalue weighted by Gasteiger charge is 2.16. The first kappa shape index (κ1) is 8.45. The Kier molecular flexibility index (Phi) is 2.41. The van der Waals surface area contributed by atoms with Crippen LogP contribution in [-0.2, 0) is 6.42 Å². The van der Waals surface area contributed by atoms with Crippen molar-refractivity contribution in [1.29, 1.82) is 5.26 Å². The molecule has 1 aromatic heterocycles. The average Bonchev–Trinajstić information content (AvgIpc) is 2.70. The molecule has 1 aliphatic rings. The maximum absolute atomic E-state index is 8.46. The average molecular weight is 194 g/mol. The molecule has 0 spiro atoms. The van der Waals surface area contributed by atoms with Crippen LogP contribution in [0.3, 0.4) is 0 Å². The van der Waals surface area contributed by atoms with Crippen LogP contribution in [0.2, 0.25) is 0 Å². The summed E-state index contributed by atoms with van der Waals surface area (Å²) in [6, 6.07) is 2.05. The number of nitrogens with zero attached hydrogens (tertiary/aromatic N) is 4. The highest BCUT2D eigenvalue weighted by Crippen LogP contribution is 2.21. The number of rotatable bonds is 2. The topological polar surface area (TPSA) is 52.8 Å². The van der Waals surface area contributed by atoms with Gasteiger partial charge in [0.25, 0.3) is 0 Å². The number of nitriles is 1. The zero-order valence-electron chi connectivity index (χ0n) is 7.23. The van der Waals surface area contributed by atoms with Gasteiger partial charge in [-0.3, -0.25) is 0 Å². The van der Waals surface area contributed by atoms with E-state index in [4.69, 9.17) is 5.26 Å². The van der Waals surface area contributed by atoms with E-state index in [1.54, 1.807) is 0 Å². The van der Waals surface area contributed by atoms with Crippen LogP contribution < -0.4 is 4.90 Å². The van der Waals surface area contributed by atoms with Crippen molar-refractivity contribution < 1.29 is 0 Å². The lowest BCUT2D eigenvalue weighted by Crippen LogP contribution is -2.17. The van der Waals surface area contributed by atoms with E-state index in [1.165, 1.54) is 24.4 Å². The molecule has 13 heavy (non-hydrogen) atoms. The van der Waals surface area contributed by atoms with Gasteiger partial charge < -0.3 is 4.90 Å². The Labute approximate surface area is 81.0 Å². The second kappa shape index (κ2) is 3.71. The second-order valence-corrected chi connectivity index (χ2v) is 3.75. The molecule has 2 rings (SSSR count). The van der Waals surface area contributed by atoms with E-state index < -0.39 is 0 Å². The van der Waals surface area contributed by atoms with Gasteiger partial charge in [0.15, 0.2) is 5.82 Å². The molecule has 0 radical (unpaired) electrons. The third kappa shape index (κ3) is 1.78. The zero-order chi connectivity index (χ0) is 9.10. The molecule has 0 unspecified atom stereocenters. The number of hydrogen-bond donors (Lipinski definition) is 0. The molecule has 1 aromatic rings. The van der Waals surface area contributed by atoms with E-state index in [2.05, 4.69) is 20.3 Å². The van der Waals surface area contributed by atoms with E-state index in [0.29, 0.717) is 12.2 Å². The van der Waals surface area contributed by atoms with Gasteiger partial charge in [0.1, 0.15) is 0 Å². The summed E-state index contributed by atoms with van der Waals surface area (Å²) in [4.78, 5) is 6.53. The second-order valence-electron chi connectivity index (χ2n) is 3.02. The van der Waals surface area contributed by atoms with Crippen molar-refractivity contribution in [3.8, 4) is 6.07 Å². The Morgan fingerprint density at radius 3 is 2.92 bits per heavy atom. The number of aromatic nitrogens is 2. The molecule has 2 heterocycles. The highest BCUT2D eigenvalue weighted by molar-refractivity contribution is 7.09. The van der Waals surface area contributed by atoms with Gasteiger partial charge in [-0.1, -0.05) is 0 Å². The van der Waals surface area contributed by atoms with Crippen molar-refractivity contribution in [2.45, 2.75) is 19.3 Å². The largest absolute Gasteiger partial charge is 0.347 e. The summed E-state index contributed by atoms with van der Waals surface area (Å²) in [6.07, 6.45) is 2.81. The zero-order valence-corrected chi connectivity index (χ0v) is 8.05. The van der Waals surface area contributed by atoms with Crippen molar-refractivity contribution in [1.82, 2.24) is 9.36 Å². The molecule has 0 saturated carbocycles. The van der Waals surface area contributed by atoms with Gasteiger partial charge in [0, 0.05) is 24.6 Å². The van der Waals surface area contributed by atoms with Gasteiger partial charge in [0.05, 0.1) is 12.5 Å². The van der Waals surface area contributed by atoms with Crippen molar-refractivity contribution in [2.75, 3.05) is 18.0 Å². The summed E-state index contributed by atoms with van der Waals surface area (Å²) in [5.41, 5.74) is 0. The standard InChI is InChI=1S/C8H10N4S/c9-4-3-7-10-8(13-11-7)12-5-1-2-6-12/h1-3,5-6H2. The van der Waals surface area contributed by atoms with Crippen LogP contribution in [0.1, 0.15) is 18.7 Å². The summed E-state index contributed by atoms with van der Waals surface area (Å²) in [6.45, 7) is 2.17. The minimum absolute atomic E-state index is 0.324. The lowest BCUT2D eigenvalue weighted by molar-refractivity contribution is 0.943. The third-order valence-corrected chi connectivity index (χ3v) is 2.89. The van der Waals surface area contributed by atoms with Crippen LogP contribution in [0.25, 0.3) is 0 Å². The van der Waals surface area contributed by atoms with Crippen LogP contribution >= 0.6 is 11.5 Å². The van der Waals surface area contributed by atoms with Gasteiger partial charge in [-0.15, -0.1) is 0 Å². The molecular formula is C8H10N4S. The molecule has 68 valence electrons. The molecule has 5 heteroatoms. The summed E-state index contributed by atoms with van der Waals surface area (Å²) >= 11 is 1.40. The summed E-state index contributed by atoms with van der Waals surface area (Å²) in [7, 11) is 0. The monoisotopic (exact) mass is 194 g/mol. The van der Waals surface area contributed by atoms with E-state index in [9.17, 15) is 0 Å². The molecule has 0 aromatic carbocycles. The molecule has 0 bridgehead atoms. The summed E-state index contributed by atoms with van der Waals surface area (Å²) in [5, 5.41) is 9.43. The number of anilines is 1. The lowest BCUT2D eigenvalue weighted by atomic mass is 10.4. The first-order chi connectivity index (χ1) is 6.40. The van der Waals surface area contributed by atoms with Crippen LogP contribution in [0.15, 0.2) is 0 Å². The third-order valence-electron chi connectivity index (χ3n) is 2.07. The molecule has 0 amide bonds. The quantitative estimate of drug-likeness (QED) is 0.710. The van der Waals surface area contributed by atoms with E-state index in [0.717, 1.165) is 18.2 Å². The van der Waals surface area contributed by atoms with Crippen molar-refractivity contribution in [2.24, 2.45) is 0 Å². The van der Waals surface area contributed by atoms with Crippen LogP contribution in [0, 0.1) is 11.3 Å². The van der Waals surface area contributed by atoms with E-state index in [-0.39, 0.29) is 0 Å². The van der Waals surface area contributed by atoms with Gasteiger partial charge in [-0.25, -0.2) is 4.98 Å².